The SMILES string of the molecule is CC(C)CC[C@@H]1CCC2C[C@]21O. The molecule has 0 amide bonds. The van der Waals surface area contributed by atoms with Gasteiger partial charge in [0.05, 0.1) is 5.60 Å². The Balaban J connectivity index is 1.81. The Kier molecular flexibility index (Phi) is 1.95. The Morgan fingerprint density at radius 1 is 1.42 bits per heavy atom. The van der Waals surface area contributed by atoms with Gasteiger partial charge < -0.3 is 5.11 Å². The highest BCUT2D eigenvalue weighted by Crippen LogP contribution is 2.60. The van der Waals surface area contributed by atoms with Crippen molar-refractivity contribution in [2.24, 2.45) is 17.8 Å². The maximum Gasteiger partial charge on any atom is 0.0708 e. The van der Waals surface area contributed by atoms with Crippen molar-refractivity contribution in [3.8, 4) is 0 Å². The Bertz CT molecular complexity index is 174. The molecular formula is C11H20O. The van der Waals surface area contributed by atoms with Crippen LogP contribution in [0.25, 0.3) is 0 Å². The van der Waals surface area contributed by atoms with Gasteiger partial charge in [-0.05, 0) is 43.4 Å². The summed E-state index contributed by atoms with van der Waals surface area (Å²) in [6.07, 6.45) is 6.23. The van der Waals surface area contributed by atoms with Crippen molar-refractivity contribution >= 4 is 0 Å². The number of aliphatic hydroxyl groups is 1. The molecule has 2 saturated carbocycles. The maximum atomic E-state index is 10.0. The zero-order valence-corrected chi connectivity index (χ0v) is 8.21. The summed E-state index contributed by atoms with van der Waals surface area (Å²) in [4.78, 5) is 0. The van der Waals surface area contributed by atoms with Gasteiger partial charge in [-0.25, -0.2) is 0 Å². The van der Waals surface area contributed by atoms with Crippen molar-refractivity contribution < 1.29 is 5.11 Å². The van der Waals surface area contributed by atoms with Crippen LogP contribution in [0.2, 0.25) is 0 Å². The lowest BCUT2D eigenvalue weighted by Crippen LogP contribution is -2.19. The van der Waals surface area contributed by atoms with Crippen LogP contribution in [0.5, 0.6) is 0 Å². The first-order valence-electron chi connectivity index (χ1n) is 5.35. The predicted octanol–water partition coefficient (Wildman–Crippen LogP) is 2.58. The molecule has 0 aromatic rings. The van der Waals surface area contributed by atoms with Crippen LogP contribution in [0.15, 0.2) is 0 Å². The van der Waals surface area contributed by atoms with Crippen LogP contribution in [0.4, 0.5) is 0 Å². The number of fused-ring (bicyclic) bond motifs is 1. The molecule has 1 heteroatoms. The van der Waals surface area contributed by atoms with E-state index in [1.165, 1.54) is 25.7 Å². The molecule has 0 radical (unpaired) electrons. The first-order valence-corrected chi connectivity index (χ1v) is 5.35. The third-order valence-corrected chi connectivity index (χ3v) is 3.78. The van der Waals surface area contributed by atoms with E-state index in [0.717, 1.165) is 12.3 Å². The molecule has 2 fully saturated rings. The van der Waals surface area contributed by atoms with E-state index in [2.05, 4.69) is 13.8 Å². The Morgan fingerprint density at radius 2 is 2.17 bits per heavy atom. The van der Waals surface area contributed by atoms with Crippen LogP contribution >= 0.6 is 0 Å². The summed E-state index contributed by atoms with van der Waals surface area (Å²) in [5.74, 6) is 2.13. The molecule has 0 spiro atoms. The topological polar surface area (TPSA) is 20.2 Å². The minimum Gasteiger partial charge on any atom is -0.389 e. The van der Waals surface area contributed by atoms with Crippen LogP contribution in [0, 0.1) is 17.8 Å². The molecule has 2 aliphatic rings. The third-order valence-electron chi connectivity index (χ3n) is 3.78. The van der Waals surface area contributed by atoms with E-state index < -0.39 is 0 Å². The second-order valence-electron chi connectivity index (χ2n) is 5.14. The van der Waals surface area contributed by atoms with Crippen molar-refractivity contribution in [1.29, 1.82) is 0 Å². The first kappa shape index (κ1) is 8.55. The lowest BCUT2D eigenvalue weighted by Gasteiger charge is -2.18. The highest BCUT2D eigenvalue weighted by molar-refractivity contribution is 5.12. The Labute approximate surface area is 75.2 Å². The smallest absolute Gasteiger partial charge is 0.0708 e. The van der Waals surface area contributed by atoms with Crippen LogP contribution in [-0.4, -0.2) is 10.7 Å². The molecule has 70 valence electrons. The van der Waals surface area contributed by atoms with Crippen LogP contribution in [0.3, 0.4) is 0 Å². The largest absolute Gasteiger partial charge is 0.389 e. The summed E-state index contributed by atoms with van der Waals surface area (Å²) in [6, 6.07) is 0. The molecule has 0 aromatic carbocycles. The predicted molar refractivity (Wildman–Crippen MR) is 49.9 cm³/mol. The number of hydrogen-bond acceptors (Lipinski definition) is 1. The summed E-state index contributed by atoms with van der Waals surface area (Å²) in [6.45, 7) is 4.53. The highest BCUT2D eigenvalue weighted by atomic mass is 16.3. The molecule has 0 bridgehead atoms. The summed E-state index contributed by atoms with van der Waals surface area (Å²) < 4.78 is 0. The van der Waals surface area contributed by atoms with Gasteiger partial charge in [-0.1, -0.05) is 20.3 Å². The molecule has 3 atom stereocenters. The lowest BCUT2D eigenvalue weighted by atomic mass is 9.92. The fourth-order valence-corrected chi connectivity index (χ4v) is 2.77. The van der Waals surface area contributed by atoms with Crippen molar-refractivity contribution in [2.75, 3.05) is 0 Å². The molecular weight excluding hydrogens is 148 g/mol. The third kappa shape index (κ3) is 1.28. The quantitative estimate of drug-likeness (QED) is 0.686. The summed E-state index contributed by atoms with van der Waals surface area (Å²) in [5.41, 5.74) is -0.186. The molecule has 2 rings (SSSR count). The average molecular weight is 168 g/mol. The number of hydrogen-bond donors (Lipinski definition) is 1. The van der Waals surface area contributed by atoms with Gasteiger partial charge >= 0.3 is 0 Å². The second-order valence-corrected chi connectivity index (χ2v) is 5.14. The molecule has 0 aliphatic heterocycles. The van der Waals surface area contributed by atoms with E-state index in [4.69, 9.17) is 0 Å². The lowest BCUT2D eigenvalue weighted by molar-refractivity contribution is 0.0817. The second kappa shape index (κ2) is 2.73. The van der Waals surface area contributed by atoms with Gasteiger partial charge in [0.25, 0.3) is 0 Å². The van der Waals surface area contributed by atoms with Gasteiger partial charge in [-0.3, -0.25) is 0 Å². The molecule has 0 saturated heterocycles. The van der Waals surface area contributed by atoms with E-state index in [0.29, 0.717) is 11.8 Å². The molecule has 1 nitrogen and oxygen atoms in total. The van der Waals surface area contributed by atoms with E-state index >= 15 is 0 Å². The molecule has 0 aromatic heterocycles. The molecule has 1 unspecified atom stereocenters. The standard InChI is InChI=1S/C11H20O/c1-8(2)3-4-9-5-6-10-7-11(9,10)12/h8-10,12H,3-7H2,1-2H3/t9-,10?,11-/m1/s1. The normalized spacial score (nSPS) is 45.0. The van der Waals surface area contributed by atoms with Gasteiger partial charge in [-0.2, -0.15) is 0 Å². The van der Waals surface area contributed by atoms with Crippen molar-refractivity contribution in [2.45, 2.75) is 51.6 Å². The zero-order valence-electron chi connectivity index (χ0n) is 8.21. The van der Waals surface area contributed by atoms with Crippen molar-refractivity contribution in [3.63, 3.8) is 0 Å². The minimum absolute atomic E-state index is 0.186. The van der Waals surface area contributed by atoms with E-state index in [9.17, 15) is 5.11 Å². The van der Waals surface area contributed by atoms with Gasteiger partial charge in [0, 0.05) is 0 Å². The summed E-state index contributed by atoms with van der Waals surface area (Å²) in [5, 5.41) is 10.0. The first-order chi connectivity index (χ1) is 5.63. The monoisotopic (exact) mass is 168 g/mol. The zero-order chi connectivity index (χ0) is 8.77. The van der Waals surface area contributed by atoms with Crippen molar-refractivity contribution in [3.05, 3.63) is 0 Å². The fourth-order valence-electron chi connectivity index (χ4n) is 2.77. The van der Waals surface area contributed by atoms with Crippen LogP contribution in [0.1, 0.15) is 46.0 Å². The highest BCUT2D eigenvalue weighted by Gasteiger charge is 2.61. The molecule has 12 heavy (non-hydrogen) atoms. The van der Waals surface area contributed by atoms with Crippen LogP contribution < -0.4 is 0 Å². The summed E-state index contributed by atoms with van der Waals surface area (Å²) >= 11 is 0. The fraction of sp³-hybridized carbons (Fsp3) is 1.00. The van der Waals surface area contributed by atoms with E-state index in [-0.39, 0.29) is 5.60 Å². The van der Waals surface area contributed by atoms with Gasteiger partial charge in [0.1, 0.15) is 0 Å². The summed E-state index contributed by atoms with van der Waals surface area (Å²) in [7, 11) is 0. The molecule has 1 N–H and O–H groups in total. The van der Waals surface area contributed by atoms with Crippen molar-refractivity contribution in [1.82, 2.24) is 0 Å². The average Bonchev–Trinajstić information content (AvgIpc) is 2.54. The van der Waals surface area contributed by atoms with Gasteiger partial charge in [0.15, 0.2) is 0 Å². The van der Waals surface area contributed by atoms with Gasteiger partial charge in [-0.15, -0.1) is 0 Å². The van der Waals surface area contributed by atoms with Gasteiger partial charge in [0.2, 0.25) is 0 Å². The Hall–Kier alpha value is -0.0400. The number of rotatable bonds is 3. The van der Waals surface area contributed by atoms with E-state index in [1.807, 2.05) is 0 Å². The van der Waals surface area contributed by atoms with Crippen LogP contribution in [-0.2, 0) is 0 Å². The minimum atomic E-state index is -0.186. The molecule has 0 heterocycles. The Morgan fingerprint density at radius 3 is 2.58 bits per heavy atom. The maximum absolute atomic E-state index is 10.0. The molecule has 2 aliphatic carbocycles. The van der Waals surface area contributed by atoms with E-state index in [1.54, 1.807) is 0 Å².